The van der Waals surface area contributed by atoms with E-state index in [1.165, 1.54) is 13.0 Å². The van der Waals surface area contributed by atoms with Gasteiger partial charge < -0.3 is 9.80 Å². The van der Waals surface area contributed by atoms with Gasteiger partial charge in [-0.05, 0) is 45.0 Å². The summed E-state index contributed by atoms with van der Waals surface area (Å²) in [5, 5.41) is 9.14. The number of likely N-dealkylation sites (tertiary alicyclic amines) is 1. The van der Waals surface area contributed by atoms with E-state index < -0.39 is 0 Å². The fraction of sp³-hybridized carbons (Fsp3) is 0.571. The van der Waals surface area contributed by atoms with Crippen LogP contribution >= 0.6 is 0 Å². The van der Waals surface area contributed by atoms with Crippen molar-refractivity contribution in [2.75, 3.05) is 38.6 Å². The Bertz CT molecular complexity index is 463. The number of rotatable bonds is 3. The second-order valence-corrected chi connectivity index (χ2v) is 5.23. The lowest BCUT2D eigenvalue weighted by Gasteiger charge is -2.23. The van der Waals surface area contributed by atoms with Gasteiger partial charge in [0.1, 0.15) is 11.9 Å². The summed E-state index contributed by atoms with van der Waals surface area (Å²) < 4.78 is 0. The molecule has 0 saturated carbocycles. The van der Waals surface area contributed by atoms with Gasteiger partial charge in [0.15, 0.2) is 0 Å². The van der Waals surface area contributed by atoms with Crippen LogP contribution < -0.4 is 4.90 Å². The van der Waals surface area contributed by atoms with E-state index in [1.807, 2.05) is 26.1 Å². The summed E-state index contributed by atoms with van der Waals surface area (Å²) >= 11 is 0. The molecule has 2 rings (SSSR count). The smallest absolute Gasteiger partial charge is 0.146 e. The lowest BCUT2D eigenvalue weighted by molar-refractivity contribution is 0.395. The minimum atomic E-state index is 0.662. The van der Waals surface area contributed by atoms with Gasteiger partial charge >= 0.3 is 0 Å². The summed E-state index contributed by atoms with van der Waals surface area (Å²) in [4.78, 5) is 8.97. The number of nitriles is 1. The molecule has 96 valence electrons. The zero-order valence-electron chi connectivity index (χ0n) is 11.3. The second kappa shape index (κ2) is 5.36. The third kappa shape index (κ3) is 2.80. The molecule has 0 amide bonds. The van der Waals surface area contributed by atoms with E-state index in [0.29, 0.717) is 11.5 Å². The molecule has 0 radical (unpaired) electrons. The van der Waals surface area contributed by atoms with Gasteiger partial charge in [-0.1, -0.05) is 0 Å². The van der Waals surface area contributed by atoms with Gasteiger partial charge in [-0.15, -0.1) is 0 Å². The minimum absolute atomic E-state index is 0.662. The summed E-state index contributed by atoms with van der Waals surface area (Å²) in [5.74, 6) is 1.49. The summed E-state index contributed by atoms with van der Waals surface area (Å²) in [7, 11) is 4.19. The maximum Gasteiger partial charge on any atom is 0.146 e. The summed E-state index contributed by atoms with van der Waals surface area (Å²) in [5.41, 5.74) is 1.62. The predicted octanol–water partition coefficient (Wildman–Crippen LogP) is 1.65. The van der Waals surface area contributed by atoms with Gasteiger partial charge in [0.05, 0.1) is 5.56 Å². The largest absolute Gasteiger partial charge is 0.358 e. The van der Waals surface area contributed by atoms with Gasteiger partial charge in [-0.2, -0.15) is 5.26 Å². The van der Waals surface area contributed by atoms with Crippen molar-refractivity contribution in [3.63, 3.8) is 0 Å². The first-order chi connectivity index (χ1) is 8.60. The quantitative estimate of drug-likeness (QED) is 0.811. The molecule has 1 saturated heterocycles. The van der Waals surface area contributed by atoms with Crippen LogP contribution in [0.4, 0.5) is 5.82 Å². The van der Waals surface area contributed by atoms with E-state index in [4.69, 9.17) is 5.26 Å². The maximum absolute atomic E-state index is 9.14. The van der Waals surface area contributed by atoms with Crippen molar-refractivity contribution in [1.29, 1.82) is 5.26 Å². The highest BCUT2D eigenvalue weighted by molar-refractivity contribution is 5.53. The molecule has 1 aromatic rings. The van der Waals surface area contributed by atoms with Crippen LogP contribution in [-0.2, 0) is 0 Å². The lowest BCUT2D eigenvalue weighted by Crippen LogP contribution is -2.28. The summed E-state index contributed by atoms with van der Waals surface area (Å²) in [6, 6.07) is 5.97. The summed E-state index contributed by atoms with van der Waals surface area (Å²) in [6.07, 6.45) is 1.23. The Hall–Kier alpha value is -1.60. The van der Waals surface area contributed by atoms with E-state index in [9.17, 15) is 0 Å². The van der Waals surface area contributed by atoms with Gasteiger partial charge in [0, 0.05) is 25.8 Å². The van der Waals surface area contributed by atoms with Gasteiger partial charge in [-0.25, -0.2) is 4.98 Å². The number of aromatic nitrogens is 1. The van der Waals surface area contributed by atoms with Crippen molar-refractivity contribution < 1.29 is 0 Å². The fourth-order valence-corrected chi connectivity index (χ4v) is 2.57. The number of nitrogens with zero attached hydrogens (tertiary/aromatic N) is 4. The zero-order valence-corrected chi connectivity index (χ0v) is 11.3. The molecule has 1 fully saturated rings. The molecule has 1 aromatic heterocycles. The molecule has 1 aliphatic rings. The molecule has 18 heavy (non-hydrogen) atoms. The molecule has 1 aliphatic heterocycles. The highest BCUT2D eigenvalue weighted by Crippen LogP contribution is 2.21. The Morgan fingerprint density at radius 3 is 2.94 bits per heavy atom. The zero-order chi connectivity index (χ0) is 13.1. The third-order valence-corrected chi connectivity index (χ3v) is 3.52. The Kier molecular flexibility index (Phi) is 3.83. The molecule has 4 heteroatoms. The molecular formula is C14H20N4. The van der Waals surface area contributed by atoms with Crippen LogP contribution in [0.15, 0.2) is 12.1 Å². The first-order valence-corrected chi connectivity index (χ1v) is 6.37. The number of anilines is 1. The molecule has 4 nitrogen and oxygen atoms in total. The standard InChI is InChI=1S/C14H20N4/c1-11-4-5-13(8-15)14(16-11)18(3)10-12-6-7-17(2)9-12/h4-5,12H,6-7,9-10H2,1-3H3. The minimum Gasteiger partial charge on any atom is -0.358 e. The van der Waals surface area contributed by atoms with Crippen LogP contribution in [0.25, 0.3) is 0 Å². The number of aryl methyl sites for hydroxylation is 1. The van der Waals surface area contributed by atoms with Crippen LogP contribution in [0.3, 0.4) is 0 Å². The second-order valence-electron chi connectivity index (χ2n) is 5.23. The van der Waals surface area contributed by atoms with Crippen molar-refractivity contribution in [1.82, 2.24) is 9.88 Å². The monoisotopic (exact) mass is 244 g/mol. The highest BCUT2D eigenvalue weighted by atomic mass is 15.2. The van der Waals surface area contributed by atoms with Crippen molar-refractivity contribution in [3.05, 3.63) is 23.4 Å². The van der Waals surface area contributed by atoms with Crippen LogP contribution in [0.1, 0.15) is 17.7 Å². The van der Waals surface area contributed by atoms with Crippen molar-refractivity contribution in [3.8, 4) is 6.07 Å². The molecule has 2 heterocycles. The molecule has 0 bridgehead atoms. The van der Waals surface area contributed by atoms with Gasteiger partial charge in [0.2, 0.25) is 0 Å². The molecule has 0 spiro atoms. The van der Waals surface area contributed by atoms with Crippen molar-refractivity contribution in [2.24, 2.45) is 5.92 Å². The molecule has 1 atom stereocenters. The number of pyridine rings is 1. The number of hydrogen-bond donors (Lipinski definition) is 0. The first-order valence-electron chi connectivity index (χ1n) is 6.37. The van der Waals surface area contributed by atoms with Crippen LogP contribution in [0, 0.1) is 24.2 Å². The van der Waals surface area contributed by atoms with Crippen LogP contribution in [-0.4, -0.2) is 43.6 Å². The Labute approximate surface area is 109 Å². The Balaban J connectivity index is 2.11. The molecule has 0 aliphatic carbocycles. The highest BCUT2D eigenvalue weighted by Gasteiger charge is 2.22. The SMILES string of the molecule is Cc1ccc(C#N)c(N(C)CC2CCN(C)C2)n1. The summed E-state index contributed by atoms with van der Waals surface area (Å²) in [6.45, 7) is 5.24. The van der Waals surface area contributed by atoms with Gasteiger partial charge in [-0.3, -0.25) is 0 Å². The van der Waals surface area contributed by atoms with E-state index in [1.54, 1.807) is 0 Å². The Morgan fingerprint density at radius 2 is 2.33 bits per heavy atom. The molecule has 0 aromatic carbocycles. The Morgan fingerprint density at radius 1 is 1.56 bits per heavy atom. The maximum atomic E-state index is 9.14. The normalized spacial score (nSPS) is 19.8. The lowest BCUT2D eigenvalue weighted by atomic mass is 10.1. The first kappa shape index (κ1) is 12.8. The van der Waals surface area contributed by atoms with Crippen LogP contribution in [0.5, 0.6) is 0 Å². The van der Waals surface area contributed by atoms with E-state index in [-0.39, 0.29) is 0 Å². The van der Waals surface area contributed by atoms with E-state index in [2.05, 4.69) is 27.9 Å². The van der Waals surface area contributed by atoms with Crippen molar-refractivity contribution in [2.45, 2.75) is 13.3 Å². The molecule has 0 N–H and O–H groups in total. The van der Waals surface area contributed by atoms with Gasteiger partial charge in [0.25, 0.3) is 0 Å². The molecule has 1 unspecified atom stereocenters. The van der Waals surface area contributed by atoms with E-state index >= 15 is 0 Å². The predicted molar refractivity (Wildman–Crippen MR) is 72.6 cm³/mol. The average Bonchev–Trinajstić information content (AvgIpc) is 2.74. The third-order valence-electron chi connectivity index (χ3n) is 3.52. The number of hydrogen-bond acceptors (Lipinski definition) is 4. The average molecular weight is 244 g/mol. The van der Waals surface area contributed by atoms with E-state index in [0.717, 1.165) is 24.6 Å². The topological polar surface area (TPSA) is 43.2 Å². The molecular weight excluding hydrogens is 224 g/mol. The van der Waals surface area contributed by atoms with Crippen molar-refractivity contribution >= 4 is 5.82 Å². The van der Waals surface area contributed by atoms with Crippen LogP contribution in [0.2, 0.25) is 0 Å². The fourth-order valence-electron chi connectivity index (χ4n) is 2.57.